The largest absolute Gasteiger partial charge is 0.492 e. The first kappa shape index (κ1) is 27.7. The lowest BCUT2D eigenvalue weighted by Crippen LogP contribution is -2.38. The maximum atomic E-state index is 13.1. The van der Waals surface area contributed by atoms with E-state index in [9.17, 15) is 4.79 Å². The smallest absolute Gasteiger partial charge is 0.350 e. The van der Waals surface area contributed by atoms with E-state index in [1.807, 2.05) is 60.7 Å². The topological polar surface area (TPSA) is 67.6 Å². The second kappa shape index (κ2) is 14.0. The van der Waals surface area contributed by atoms with Gasteiger partial charge in [0.1, 0.15) is 18.7 Å². The molecule has 0 bridgehead atoms. The summed E-state index contributed by atoms with van der Waals surface area (Å²) in [6, 6.07) is 28.4. The molecule has 0 atom stereocenters. The zero-order chi connectivity index (χ0) is 27.6. The number of aromatic nitrogens is 3. The maximum absolute atomic E-state index is 13.1. The van der Waals surface area contributed by atoms with Gasteiger partial charge in [-0.25, -0.2) is 14.0 Å². The molecule has 0 aliphatic carbocycles. The van der Waals surface area contributed by atoms with E-state index in [0.29, 0.717) is 19.1 Å². The van der Waals surface area contributed by atoms with Crippen molar-refractivity contribution in [2.24, 2.45) is 5.92 Å². The van der Waals surface area contributed by atoms with Crippen LogP contribution in [0, 0.1) is 5.92 Å². The van der Waals surface area contributed by atoms with Crippen molar-refractivity contribution in [1.29, 1.82) is 0 Å². The van der Waals surface area contributed by atoms with Crippen LogP contribution in [0.3, 0.4) is 0 Å². The number of hydrogen-bond acceptors (Lipinski definition) is 6. The van der Waals surface area contributed by atoms with Crippen LogP contribution in [0.2, 0.25) is 0 Å². The van der Waals surface area contributed by atoms with Gasteiger partial charge in [-0.2, -0.15) is 5.10 Å². The third kappa shape index (κ3) is 7.83. The van der Waals surface area contributed by atoms with Crippen LogP contribution < -0.4 is 15.7 Å². The average Bonchev–Trinajstić information content (AvgIpc) is 3.35. The van der Waals surface area contributed by atoms with E-state index in [1.54, 1.807) is 15.6 Å². The van der Waals surface area contributed by atoms with Crippen LogP contribution >= 0.6 is 0 Å². The third-order valence-electron chi connectivity index (χ3n) is 7.55. The summed E-state index contributed by atoms with van der Waals surface area (Å²) in [5.74, 6) is 1.37. The Labute approximate surface area is 236 Å². The van der Waals surface area contributed by atoms with Gasteiger partial charge in [-0.05, 0) is 80.9 Å². The second-order valence-corrected chi connectivity index (χ2v) is 10.6. The molecular formula is C32H40N6O2. The summed E-state index contributed by atoms with van der Waals surface area (Å²) >= 11 is 0. The molecule has 1 aromatic heterocycles. The van der Waals surface area contributed by atoms with Crippen LogP contribution in [-0.2, 0) is 13.1 Å². The van der Waals surface area contributed by atoms with Gasteiger partial charge in [0, 0.05) is 38.4 Å². The number of likely N-dealkylation sites (tertiary alicyclic amines) is 1. The van der Waals surface area contributed by atoms with Crippen molar-refractivity contribution in [1.82, 2.24) is 24.1 Å². The summed E-state index contributed by atoms with van der Waals surface area (Å²) < 4.78 is 9.09. The van der Waals surface area contributed by atoms with Crippen molar-refractivity contribution in [3.8, 4) is 11.4 Å². The molecule has 1 aliphatic rings. The van der Waals surface area contributed by atoms with Gasteiger partial charge >= 0.3 is 5.69 Å². The summed E-state index contributed by atoms with van der Waals surface area (Å²) in [6.45, 7) is 7.03. The number of hydrogen-bond donors (Lipinski definition) is 1. The Morgan fingerprint density at radius 1 is 0.950 bits per heavy atom. The summed E-state index contributed by atoms with van der Waals surface area (Å²) in [5.41, 5.74) is 3.10. The van der Waals surface area contributed by atoms with Crippen LogP contribution in [0.25, 0.3) is 5.69 Å². The summed E-state index contributed by atoms with van der Waals surface area (Å²) in [4.78, 5) is 17.8. The van der Waals surface area contributed by atoms with Crippen molar-refractivity contribution in [3.05, 3.63) is 107 Å². The maximum Gasteiger partial charge on any atom is 0.350 e. The molecule has 0 spiro atoms. The molecule has 0 amide bonds. The van der Waals surface area contributed by atoms with Crippen LogP contribution in [0.5, 0.6) is 5.75 Å². The molecule has 40 heavy (non-hydrogen) atoms. The minimum absolute atomic E-state index is 0.0815. The molecule has 1 N–H and O–H groups in total. The highest BCUT2D eigenvalue weighted by Crippen LogP contribution is 2.19. The molecule has 1 fully saturated rings. The van der Waals surface area contributed by atoms with Crippen molar-refractivity contribution < 1.29 is 4.74 Å². The highest BCUT2D eigenvalue weighted by molar-refractivity contribution is 5.48. The molecule has 4 aromatic rings. The fourth-order valence-corrected chi connectivity index (χ4v) is 5.19. The van der Waals surface area contributed by atoms with Gasteiger partial charge in [-0.1, -0.05) is 48.5 Å². The Kier molecular flexibility index (Phi) is 9.66. The van der Waals surface area contributed by atoms with Crippen molar-refractivity contribution in [2.45, 2.75) is 25.9 Å². The first-order valence-corrected chi connectivity index (χ1v) is 14.3. The molecule has 0 saturated carbocycles. The number of rotatable bonds is 13. The molecule has 3 aromatic carbocycles. The lowest BCUT2D eigenvalue weighted by Gasteiger charge is -2.31. The highest BCUT2D eigenvalue weighted by Gasteiger charge is 2.21. The van der Waals surface area contributed by atoms with Gasteiger partial charge in [0.15, 0.2) is 0 Å². The number of ether oxygens (including phenoxy) is 1. The molecule has 210 valence electrons. The van der Waals surface area contributed by atoms with Crippen LogP contribution in [0.15, 0.2) is 96.1 Å². The molecular weight excluding hydrogens is 500 g/mol. The lowest BCUT2D eigenvalue weighted by atomic mass is 9.97. The van der Waals surface area contributed by atoms with Crippen molar-refractivity contribution >= 4 is 5.69 Å². The van der Waals surface area contributed by atoms with E-state index in [2.05, 4.69) is 51.5 Å². The van der Waals surface area contributed by atoms with E-state index in [4.69, 9.17) is 4.74 Å². The number of likely N-dealkylation sites (N-methyl/N-ethyl adjacent to an activating group) is 1. The molecule has 0 unspecified atom stereocenters. The number of piperidine rings is 1. The zero-order valence-electron chi connectivity index (χ0n) is 23.4. The van der Waals surface area contributed by atoms with Gasteiger partial charge < -0.3 is 15.0 Å². The SMILES string of the molecule is CN(CCNc1ccc(-n2cnn(CC3CCN(CCOc4ccccc4)CC3)c2=O)cc1)Cc1ccccc1. The van der Waals surface area contributed by atoms with Crippen LogP contribution in [0.4, 0.5) is 5.69 Å². The van der Waals surface area contributed by atoms with Crippen molar-refractivity contribution in [3.63, 3.8) is 0 Å². The number of nitrogens with one attached hydrogen (secondary N) is 1. The Hall–Kier alpha value is -3.88. The van der Waals surface area contributed by atoms with Crippen LogP contribution in [-0.4, -0.2) is 70.5 Å². The number of anilines is 1. The fraction of sp³-hybridized carbons (Fsp3) is 0.375. The van der Waals surface area contributed by atoms with Crippen LogP contribution in [0.1, 0.15) is 18.4 Å². The molecule has 8 nitrogen and oxygen atoms in total. The summed E-state index contributed by atoms with van der Waals surface area (Å²) in [5, 5.41) is 7.90. The molecule has 1 saturated heterocycles. The zero-order valence-corrected chi connectivity index (χ0v) is 23.4. The van der Waals surface area contributed by atoms with Gasteiger partial charge in [-0.3, -0.25) is 4.90 Å². The van der Waals surface area contributed by atoms with E-state index in [-0.39, 0.29) is 5.69 Å². The number of nitrogens with zero attached hydrogens (tertiary/aromatic N) is 5. The van der Waals surface area contributed by atoms with Gasteiger partial charge in [-0.15, -0.1) is 0 Å². The predicted molar refractivity (Wildman–Crippen MR) is 160 cm³/mol. The number of para-hydroxylation sites is 1. The molecule has 1 aliphatic heterocycles. The standard InChI is InChI=1S/C32H40N6O2/c1-35(24-27-8-4-2-5-9-27)21-18-33-29-12-14-30(15-13-29)37-26-34-38(32(37)39)25-28-16-19-36(20-17-28)22-23-40-31-10-6-3-7-11-31/h2-15,26,28,33H,16-25H2,1H3. The van der Waals surface area contributed by atoms with Gasteiger partial charge in [0.2, 0.25) is 0 Å². The third-order valence-corrected chi connectivity index (χ3v) is 7.55. The molecule has 8 heteroatoms. The molecule has 5 rings (SSSR count). The quantitative estimate of drug-likeness (QED) is 0.272. The van der Waals surface area contributed by atoms with Gasteiger partial charge in [0.25, 0.3) is 0 Å². The molecule has 0 radical (unpaired) electrons. The second-order valence-electron chi connectivity index (χ2n) is 10.6. The summed E-state index contributed by atoms with van der Waals surface area (Å²) in [7, 11) is 2.13. The van der Waals surface area contributed by atoms with Gasteiger partial charge in [0.05, 0.1) is 5.69 Å². The minimum Gasteiger partial charge on any atom is -0.492 e. The van der Waals surface area contributed by atoms with E-state index >= 15 is 0 Å². The minimum atomic E-state index is -0.0815. The summed E-state index contributed by atoms with van der Waals surface area (Å²) in [6.07, 6.45) is 3.76. The average molecular weight is 541 g/mol. The lowest BCUT2D eigenvalue weighted by molar-refractivity contribution is 0.145. The predicted octanol–water partition coefficient (Wildman–Crippen LogP) is 4.37. The normalized spacial score (nSPS) is 14.4. The fourth-order valence-electron chi connectivity index (χ4n) is 5.19. The van der Waals surface area contributed by atoms with Crippen molar-refractivity contribution in [2.75, 3.05) is 51.7 Å². The van der Waals surface area contributed by atoms with E-state index < -0.39 is 0 Å². The Morgan fingerprint density at radius 3 is 2.38 bits per heavy atom. The Bertz CT molecular complexity index is 1350. The van der Waals surface area contributed by atoms with E-state index in [0.717, 1.165) is 69.2 Å². The Balaban J connectivity index is 1.04. The monoisotopic (exact) mass is 540 g/mol. The first-order valence-electron chi connectivity index (χ1n) is 14.3. The first-order chi connectivity index (χ1) is 19.6. The molecule has 2 heterocycles. The van der Waals surface area contributed by atoms with E-state index in [1.165, 1.54) is 5.56 Å². The highest BCUT2D eigenvalue weighted by atomic mass is 16.5. The Morgan fingerprint density at radius 2 is 1.65 bits per heavy atom. The number of benzene rings is 3.